The first-order chi connectivity index (χ1) is 15.4. The molecule has 4 N–H and O–H groups in total. The predicted octanol–water partition coefficient (Wildman–Crippen LogP) is 2.98. The fourth-order valence-corrected chi connectivity index (χ4v) is 4.07. The van der Waals surface area contributed by atoms with E-state index in [9.17, 15) is 14.0 Å². The van der Waals surface area contributed by atoms with Gasteiger partial charge >= 0.3 is 0 Å². The van der Waals surface area contributed by atoms with Gasteiger partial charge in [-0.15, -0.1) is 11.3 Å². The molecule has 0 saturated heterocycles. The van der Waals surface area contributed by atoms with Gasteiger partial charge in [0.15, 0.2) is 0 Å². The molecule has 0 bridgehead atoms. The molecule has 166 valence electrons. The highest BCUT2D eigenvalue weighted by Crippen LogP contribution is 2.27. The largest absolute Gasteiger partial charge is 0.352 e. The van der Waals surface area contributed by atoms with E-state index in [1.165, 1.54) is 12.3 Å². The number of nitrogens with two attached hydrogens (primary N) is 1. The summed E-state index contributed by atoms with van der Waals surface area (Å²) in [6.07, 6.45) is 3.98. The van der Waals surface area contributed by atoms with Crippen LogP contribution in [0, 0.1) is 12.7 Å². The third kappa shape index (κ3) is 5.17. The molecule has 0 aliphatic heterocycles. The summed E-state index contributed by atoms with van der Waals surface area (Å²) in [5.41, 5.74) is 8.50. The molecule has 0 radical (unpaired) electrons. The number of thiazole rings is 1. The second-order valence-corrected chi connectivity index (χ2v) is 8.70. The van der Waals surface area contributed by atoms with Gasteiger partial charge in [0.25, 0.3) is 11.8 Å². The molecule has 1 saturated carbocycles. The first-order valence-electron chi connectivity index (χ1n) is 10.4. The Bertz CT molecular complexity index is 1140. The van der Waals surface area contributed by atoms with Crippen molar-refractivity contribution in [3.63, 3.8) is 0 Å². The molecule has 1 fully saturated rings. The molecule has 32 heavy (non-hydrogen) atoms. The van der Waals surface area contributed by atoms with Crippen LogP contribution in [0.25, 0.3) is 11.3 Å². The standard InChI is InChI=1S/C23H24FN5O2S/c1-13-12-32-21(28-13)6-7-26-22(30)14-2-5-20(27-11-14)17-8-15(9-19(24)18(17)10-25)23(31)29-16-3-4-16/h2,5,8-9,11-12,16H,3-4,6-7,10,25H2,1H3,(H,26,30)(H,29,31). The van der Waals surface area contributed by atoms with Crippen LogP contribution in [0.5, 0.6) is 0 Å². The number of carbonyl (C=O) groups is 2. The van der Waals surface area contributed by atoms with E-state index in [2.05, 4.69) is 20.6 Å². The number of halogens is 1. The number of nitrogens with zero attached hydrogens (tertiary/aromatic N) is 2. The van der Waals surface area contributed by atoms with E-state index >= 15 is 0 Å². The van der Waals surface area contributed by atoms with Gasteiger partial charge < -0.3 is 16.4 Å². The van der Waals surface area contributed by atoms with Crippen LogP contribution in [0.2, 0.25) is 0 Å². The summed E-state index contributed by atoms with van der Waals surface area (Å²) in [6, 6.07) is 6.23. The molecule has 0 unspecified atom stereocenters. The van der Waals surface area contributed by atoms with Gasteiger partial charge in [-0.05, 0) is 44.0 Å². The predicted molar refractivity (Wildman–Crippen MR) is 121 cm³/mol. The molecule has 1 aromatic carbocycles. The number of hydrogen-bond acceptors (Lipinski definition) is 6. The lowest BCUT2D eigenvalue weighted by Gasteiger charge is -2.12. The Morgan fingerprint density at radius 1 is 1.22 bits per heavy atom. The van der Waals surface area contributed by atoms with E-state index in [1.54, 1.807) is 29.5 Å². The Balaban J connectivity index is 1.48. The Morgan fingerprint density at radius 2 is 2.03 bits per heavy atom. The highest BCUT2D eigenvalue weighted by Gasteiger charge is 2.25. The summed E-state index contributed by atoms with van der Waals surface area (Å²) < 4.78 is 14.6. The molecule has 0 atom stereocenters. The van der Waals surface area contributed by atoms with E-state index in [4.69, 9.17) is 5.73 Å². The van der Waals surface area contributed by atoms with Crippen molar-refractivity contribution in [2.45, 2.75) is 38.8 Å². The fourth-order valence-electron chi connectivity index (χ4n) is 3.29. The second kappa shape index (κ2) is 9.54. The molecule has 3 aromatic rings. The number of aromatic nitrogens is 2. The Hall–Kier alpha value is -3.17. The van der Waals surface area contributed by atoms with Crippen molar-refractivity contribution < 1.29 is 14.0 Å². The van der Waals surface area contributed by atoms with Crippen LogP contribution in [0.1, 0.15) is 49.8 Å². The molecular weight excluding hydrogens is 429 g/mol. The minimum atomic E-state index is -0.549. The molecule has 2 aromatic heterocycles. The zero-order valence-electron chi connectivity index (χ0n) is 17.7. The van der Waals surface area contributed by atoms with E-state index in [0.29, 0.717) is 29.8 Å². The summed E-state index contributed by atoms with van der Waals surface area (Å²) in [7, 11) is 0. The van der Waals surface area contributed by atoms with E-state index in [-0.39, 0.29) is 35.5 Å². The molecule has 4 rings (SSSR count). The van der Waals surface area contributed by atoms with Crippen molar-refractivity contribution in [3.8, 4) is 11.3 Å². The molecule has 2 amide bonds. The number of benzene rings is 1. The maximum Gasteiger partial charge on any atom is 0.252 e. The first-order valence-corrected chi connectivity index (χ1v) is 11.3. The van der Waals surface area contributed by atoms with Crippen molar-refractivity contribution in [2.75, 3.05) is 6.54 Å². The smallest absolute Gasteiger partial charge is 0.252 e. The molecular formula is C23H24FN5O2S. The first kappa shape index (κ1) is 22.0. The molecule has 7 nitrogen and oxygen atoms in total. The second-order valence-electron chi connectivity index (χ2n) is 7.76. The maximum absolute atomic E-state index is 14.6. The third-order valence-electron chi connectivity index (χ3n) is 5.17. The quantitative estimate of drug-likeness (QED) is 0.486. The van der Waals surface area contributed by atoms with E-state index in [1.807, 2.05) is 12.3 Å². The van der Waals surface area contributed by atoms with Crippen molar-refractivity contribution in [3.05, 3.63) is 69.1 Å². The Kier molecular flexibility index (Phi) is 6.57. The molecule has 1 aliphatic rings. The maximum atomic E-state index is 14.6. The summed E-state index contributed by atoms with van der Waals surface area (Å²) in [5.74, 6) is -1.12. The van der Waals surface area contributed by atoms with Crippen molar-refractivity contribution >= 4 is 23.2 Å². The van der Waals surface area contributed by atoms with Gasteiger partial charge in [0.2, 0.25) is 0 Å². The number of carbonyl (C=O) groups excluding carboxylic acids is 2. The molecule has 9 heteroatoms. The molecule has 2 heterocycles. The highest BCUT2D eigenvalue weighted by atomic mass is 32.1. The number of rotatable bonds is 8. The number of amides is 2. The van der Waals surface area contributed by atoms with Crippen LogP contribution >= 0.6 is 11.3 Å². The third-order valence-corrected chi connectivity index (χ3v) is 6.19. The van der Waals surface area contributed by atoms with Gasteiger partial charge in [-0.25, -0.2) is 9.37 Å². The lowest BCUT2D eigenvalue weighted by molar-refractivity contribution is 0.0944. The topological polar surface area (TPSA) is 110 Å². The van der Waals surface area contributed by atoms with Gasteiger partial charge in [0, 0.05) is 59.5 Å². The fraction of sp³-hybridized carbons (Fsp3) is 0.304. The number of nitrogens with one attached hydrogen (secondary N) is 2. The van der Waals surface area contributed by atoms with Gasteiger partial charge in [-0.3, -0.25) is 14.6 Å². The van der Waals surface area contributed by atoms with E-state index < -0.39 is 5.82 Å². The average molecular weight is 454 g/mol. The minimum Gasteiger partial charge on any atom is -0.352 e. The molecule has 1 aliphatic carbocycles. The number of aryl methyl sites for hydroxylation is 1. The van der Waals surface area contributed by atoms with Crippen LogP contribution in [0.4, 0.5) is 4.39 Å². The van der Waals surface area contributed by atoms with Crippen LogP contribution in [0.15, 0.2) is 35.8 Å². The SMILES string of the molecule is Cc1csc(CCNC(=O)c2ccc(-c3cc(C(=O)NC4CC4)cc(F)c3CN)nc2)n1. The molecule has 0 spiro atoms. The zero-order valence-corrected chi connectivity index (χ0v) is 18.5. The van der Waals surface area contributed by atoms with Crippen LogP contribution in [0.3, 0.4) is 0 Å². The lowest BCUT2D eigenvalue weighted by atomic mass is 9.99. The van der Waals surface area contributed by atoms with Crippen molar-refractivity contribution in [2.24, 2.45) is 5.73 Å². The van der Waals surface area contributed by atoms with Gasteiger partial charge in [-0.1, -0.05) is 0 Å². The van der Waals surface area contributed by atoms with Crippen molar-refractivity contribution in [1.82, 2.24) is 20.6 Å². The van der Waals surface area contributed by atoms with Crippen molar-refractivity contribution in [1.29, 1.82) is 0 Å². The summed E-state index contributed by atoms with van der Waals surface area (Å²) >= 11 is 1.57. The van der Waals surface area contributed by atoms with Gasteiger partial charge in [0.1, 0.15) is 5.82 Å². The summed E-state index contributed by atoms with van der Waals surface area (Å²) in [5, 5.41) is 8.65. The lowest BCUT2D eigenvalue weighted by Crippen LogP contribution is -2.26. The number of pyridine rings is 1. The van der Waals surface area contributed by atoms with Crippen LogP contribution < -0.4 is 16.4 Å². The normalized spacial score (nSPS) is 13.1. The highest BCUT2D eigenvalue weighted by molar-refractivity contribution is 7.09. The monoisotopic (exact) mass is 453 g/mol. The summed E-state index contributed by atoms with van der Waals surface area (Å²) in [4.78, 5) is 33.5. The minimum absolute atomic E-state index is 0.0359. The van der Waals surface area contributed by atoms with Gasteiger partial charge in [-0.2, -0.15) is 0 Å². The summed E-state index contributed by atoms with van der Waals surface area (Å²) in [6.45, 7) is 2.36. The zero-order chi connectivity index (χ0) is 22.7. The van der Waals surface area contributed by atoms with E-state index in [0.717, 1.165) is 23.5 Å². The van der Waals surface area contributed by atoms with Crippen LogP contribution in [-0.4, -0.2) is 34.4 Å². The van der Waals surface area contributed by atoms with Gasteiger partial charge in [0.05, 0.1) is 16.3 Å². The number of hydrogen-bond donors (Lipinski definition) is 3. The Labute approximate surface area is 189 Å². The average Bonchev–Trinajstić information content (AvgIpc) is 3.51. The Morgan fingerprint density at radius 3 is 2.66 bits per heavy atom. The van der Waals surface area contributed by atoms with Crippen LogP contribution in [-0.2, 0) is 13.0 Å².